The van der Waals surface area contributed by atoms with Gasteiger partial charge in [-0.05, 0) is 172 Å². The number of urea groups is 1. The molecule has 0 aromatic carbocycles. The van der Waals surface area contributed by atoms with Crippen LogP contribution in [-0.2, 0) is 23.9 Å². The lowest BCUT2D eigenvalue weighted by molar-refractivity contribution is -0.139. The SMILES string of the molecule is C.C=C1CCC2(CC1)NC(=O)CNC2=O.C=C1CCC2(CC1)NC(=O)NC2=O.C=C1CCCC1.C=C1CCCCC1.C=C1CCNCC1.C=C1CCOCC1.C=C1CCSCC1.C=C1COCCN1.C=C1NCCCS1.C=C1NCCS1.C=C1SCCN1C. The predicted molar refractivity (Wildman–Crippen MR) is 387 cm³/mol. The van der Waals surface area contributed by atoms with Crippen molar-refractivity contribution in [3.8, 4) is 0 Å². The van der Waals surface area contributed by atoms with Crippen LogP contribution < -0.4 is 42.5 Å². The van der Waals surface area contributed by atoms with Crippen molar-refractivity contribution in [2.45, 2.75) is 173 Å². The standard InChI is InChI=1S/C10H14N2O2.C9H12N2O2.C7H12.C6H11N.C6H10O.C6H10S.C6H10.C5H9NO.2C5H9NS.C4H7NS.CH4/c1-7-2-4-10(5-3-7)9(14)11-6-8(13)12-10;1-6-2-4-9(5-3-6)7(12)10-8(13)11-9;1-7-5-3-2-4-6-7;3*1-6-2-4-7-5-3-6;1-6-4-2-3-5-6;1-5-4-7-3-2-6-5;1-5-6(2)3-4-7-5;1-5-6-3-2-4-7-5;1-4-5-2-3-6-4;/h1-6H2,(H,11,14)(H,12,13);1-5H2,(H2,10,11,12,13);1-6H2;7H,1-5H2;2*1-5H2;1-5H2;6H,1-4H2;1,3-4H2,2H3;6H,1-4H2;5H,1-3H2;1H4. The minimum Gasteiger partial charge on any atom is -0.385 e. The van der Waals surface area contributed by atoms with Crippen LogP contribution in [0.2, 0.25) is 0 Å². The largest absolute Gasteiger partial charge is 0.385 e. The van der Waals surface area contributed by atoms with Gasteiger partial charge < -0.3 is 51.6 Å². The first-order chi connectivity index (χ1) is 42.2. The summed E-state index contributed by atoms with van der Waals surface area (Å²) in [6, 6.07) is -0.363. The third-order valence-corrected chi connectivity index (χ3v) is 20.0. The lowest BCUT2D eigenvalue weighted by Gasteiger charge is -2.40. The summed E-state index contributed by atoms with van der Waals surface area (Å²) >= 11 is 7.48. The molecule has 0 bridgehead atoms. The maximum atomic E-state index is 11.7. The number of carbonyl (C=O) groups is 4. The highest BCUT2D eigenvalue weighted by atomic mass is 32.2. The zero-order valence-corrected chi connectivity index (χ0v) is 57.4. The Labute approximate surface area is 556 Å². The second kappa shape index (κ2) is 47.4. The Morgan fingerprint density at radius 3 is 1.22 bits per heavy atom. The summed E-state index contributed by atoms with van der Waals surface area (Å²) < 4.78 is 10.1. The summed E-state index contributed by atoms with van der Waals surface area (Å²) in [5, 5.41) is 26.4. The molecule has 0 radical (unpaired) electrons. The van der Waals surface area contributed by atoms with E-state index in [0.29, 0.717) is 32.3 Å². The average molecular weight is 1310 g/mol. The average Bonchev–Trinajstić information content (AvgIpc) is 2.82. The highest BCUT2D eigenvalue weighted by Gasteiger charge is 2.47. The second-order valence-corrected chi connectivity index (χ2v) is 28.6. The Kier molecular flexibility index (Phi) is 42.9. The molecule has 0 aromatic heterocycles. The molecule has 9 saturated heterocycles. The quantitative estimate of drug-likeness (QED) is 0.0845. The van der Waals surface area contributed by atoms with Gasteiger partial charge in [-0.2, -0.15) is 11.8 Å². The molecule has 89 heavy (non-hydrogen) atoms. The van der Waals surface area contributed by atoms with Gasteiger partial charge in [0.05, 0.1) is 48.1 Å². The zero-order chi connectivity index (χ0) is 64.4. The van der Waals surface area contributed by atoms with Crippen molar-refractivity contribution in [1.29, 1.82) is 0 Å². The van der Waals surface area contributed by atoms with Crippen LogP contribution in [0.25, 0.3) is 0 Å². The number of hydrogen-bond donors (Lipinski definition) is 8. The number of imide groups is 1. The summed E-state index contributed by atoms with van der Waals surface area (Å²) in [6.45, 7) is 52.1. The van der Waals surface area contributed by atoms with Crippen LogP contribution in [0, 0.1) is 0 Å². The van der Waals surface area contributed by atoms with E-state index in [4.69, 9.17) is 9.47 Å². The van der Waals surface area contributed by atoms with E-state index in [2.05, 4.69) is 127 Å². The van der Waals surface area contributed by atoms with E-state index in [1.165, 1.54) is 169 Å². The molecule has 9 aliphatic heterocycles. The van der Waals surface area contributed by atoms with Gasteiger partial charge in [0.25, 0.3) is 5.91 Å². The van der Waals surface area contributed by atoms with Gasteiger partial charge >= 0.3 is 6.03 Å². The minimum atomic E-state index is -0.642. The van der Waals surface area contributed by atoms with E-state index in [1.54, 1.807) is 11.8 Å². The first-order valence-corrected chi connectivity index (χ1v) is 36.2. The highest BCUT2D eigenvalue weighted by molar-refractivity contribution is 8.03. The predicted octanol–water partition coefficient (Wildman–Crippen LogP) is 13.6. The lowest BCUT2D eigenvalue weighted by atomic mass is 9.78. The van der Waals surface area contributed by atoms with Gasteiger partial charge in [-0.1, -0.05) is 125 Å². The normalized spacial score (nSPS) is 22.9. The first-order valence-electron chi connectivity index (χ1n) is 32.1. The number of nitrogens with zero attached hydrogens (tertiary/aromatic N) is 1. The van der Waals surface area contributed by atoms with Crippen molar-refractivity contribution in [3.05, 3.63) is 132 Å². The van der Waals surface area contributed by atoms with Crippen LogP contribution in [-0.4, -0.2) is 148 Å². The fourth-order valence-corrected chi connectivity index (χ4v) is 13.4. The van der Waals surface area contributed by atoms with Crippen LogP contribution in [0.3, 0.4) is 0 Å². The number of thioether (sulfide) groups is 4. The lowest BCUT2D eigenvalue weighted by Crippen LogP contribution is -2.66. The fraction of sp³-hybridized carbons (Fsp3) is 0.629. The fourth-order valence-electron chi connectivity index (χ4n) is 10.1. The summed E-state index contributed by atoms with van der Waals surface area (Å²) in [5.41, 5.74) is 9.16. The first kappa shape index (κ1) is 80.6. The molecule has 8 N–H and O–H groups in total. The van der Waals surface area contributed by atoms with Gasteiger partial charge in [-0.15, -0.1) is 35.3 Å². The Bertz CT molecular complexity index is 2080. The van der Waals surface area contributed by atoms with Crippen molar-refractivity contribution < 1.29 is 28.7 Å². The Balaban J connectivity index is 0.000000338. The monoisotopic (exact) mass is 1310 g/mol. The maximum absolute atomic E-state index is 11.7. The molecule has 0 atom stereocenters. The van der Waals surface area contributed by atoms with Crippen LogP contribution in [0.4, 0.5) is 4.79 Å². The number of allylic oxidation sites excluding steroid dienone is 5. The number of piperidine rings is 1. The maximum Gasteiger partial charge on any atom is 0.322 e. The number of carbonyl (C=O) groups excluding carboxylic acids is 4. The minimum absolute atomic E-state index is 0. The molecule has 0 aromatic rings. The molecule has 4 saturated carbocycles. The van der Waals surface area contributed by atoms with E-state index in [9.17, 15) is 19.2 Å². The van der Waals surface area contributed by atoms with Crippen LogP contribution >= 0.6 is 47.0 Å². The van der Waals surface area contributed by atoms with Crippen molar-refractivity contribution in [3.63, 3.8) is 0 Å². The summed E-state index contributed by atoms with van der Waals surface area (Å²) in [6.07, 6.45) is 26.5. The number of piperazine rings is 1. The topological polar surface area (TPSA) is 186 Å². The Hall–Kier alpha value is -4.50. The van der Waals surface area contributed by atoms with Crippen LogP contribution in [0.1, 0.15) is 162 Å². The van der Waals surface area contributed by atoms with Gasteiger partial charge in [-0.25, -0.2) is 4.79 Å². The van der Waals surface area contributed by atoms with E-state index in [0.717, 1.165) is 107 Å². The molecule has 2 spiro atoms. The Morgan fingerprint density at radius 1 is 0.438 bits per heavy atom. The van der Waals surface area contributed by atoms with E-state index in [-0.39, 0.29) is 37.7 Å². The Morgan fingerprint density at radius 2 is 0.933 bits per heavy atom. The van der Waals surface area contributed by atoms with E-state index in [1.807, 2.05) is 35.3 Å². The van der Waals surface area contributed by atoms with Crippen molar-refractivity contribution in [1.82, 2.24) is 47.4 Å². The summed E-state index contributed by atoms with van der Waals surface area (Å²) in [4.78, 5) is 47.4. The van der Waals surface area contributed by atoms with Gasteiger partial charge in [-0.3, -0.25) is 19.7 Å². The van der Waals surface area contributed by atoms with Gasteiger partial charge in [0.15, 0.2) is 0 Å². The second-order valence-electron chi connectivity index (χ2n) is 23.8. The number of morpholine rings is 1. The molecule has 13 fully saturated rings. The number of ether oxygens (including phenoxy) is 2. The molecule has 502 valence electrons. The van der Waals surface area contributed by atoms with Crippen molar-refractivity contribution in [2.24, 2.45) is 0 Å². The van der Waals surface area contributed by atoms with Gasteiger partial charge in [0.1, 0.15) is 11.1 Å². The third-order valence-electron chi connectivity index (χ3n) is 16.1. The molecule has 15 nitrogen and oxygen atoms in total. The number of amides is 5. The molecule has 13 rings (SSSR count). The summed E-state index contributed by atoms with van der Waals surface area (Å²) in [7, 11) is 2.07. The highest BCUT2D eigenvalue weighted by Crippen LogP contribution is 2.34. The summed E-state index contributed by atoms with van der Waals surface area (Å²) in [5.74, 6) is 5.96. The van der Waals surface area contributed by atoms with E-state index >= 15 is 0 Å². The molecule has 13 aliphatic rings. The molecule has 5 amide bonds. The van der Waals surface area contributed by atoms with Crippen LogP contribution in [0.5, 0.6) is 0 Å². The van der Waals surface area contributed by atoms with Gasteiger partial charge in [0, 0.05) is 56.2 Å². The third kappa shape index (κ3) is 37.0. The molecule has 4 aliphatic carbocycles. The molecular formula is C70H117N9O6S4. The number of hydrogen-bond acceptors (Lipinski definition) is 15. The van der Waals surface area contributed by atoms with E-state index < -0.39 is 11.1 Å². The van der Waals surface area contributed by atoms with Crippen molar-refractivity contribution >= 4 is 70.8 Å². The van der Waals surface area contributed by atoms with Gasteiger partial charge in [0.2, 0.25) is 11.8 Å². The zero-order valence-electron chi connectivity index (χ0n) is 54.1. The molecular weight excluding hydrogens is 1190 g/mol. The molecule has 0 unspecified atom stereocenters. The number of nitrogens with one attached hydrogen (secondary N) is 8. The molecule has 19 heteroatoms. The van der Waals surface area contributed by atoms with Crippen LogP contribution in [0.15, 0.2) is 132 Å². The molecule has 9 heterocycles. The number of rotatable bonds is 0. The smallest absolute Gasteiger partial charge is 0.322 e. The van der Waals surface area contributed by atoms with Crippen molar-refractivity contribution in [2.75, 3.05) is 108 Å².